The molecule has 0 spiro atoms. The Balaban J connectivity index is 1.62. The van der Waals surface area contributed by atoms with Crippen LogP contribution in [-0.4, -0.2) is 25.9 Å². The number of rotatable bonds is 5. The Hall–Kier alpha value is -3.11. The SMILES string of the molecule is CCc1nnc(C2C(=N)SC(=Cc3ccc(-c4cc([N+](=O)[O-])ccc4C)o3)C2=O)s1. The summed E-state index contributed by atoms with van der Waals surface area (Å²) in [7, 11) is 0. The smallest absolute Gasteiger partial charge is 0.270 e. The standard InChI is InChI=1S/C20H16N4O4S2/c1-3-16-22-23-20(30-16)17-18(25)15(29-19(17)21)9-12-6-7-14(28-12)13-8-11(24(26)27)5-4-10(13)2/h4-9,17,21H,3H2,1-2H3. The summed E-state index contributed by atoms with van der Waals surface area (Å²) in [5.74, 6) is -0.00525. The maximum Gasteiger partial charge on any atom is 0.270 e. The van der Waals surface area contributed by atoms with Gasteiger partial charge in [-0.3, -0.25) is 20.3 Å². The number of carbonyl (C=O) groups excluding carboxylic acids is 1. The minimum atomic E-state index is -0.715. The van der Waals surface area contributed by atoms with E-state index in [0.29, 0.717) is 27.0 Å². The number of aromatic nitrogens is 2. The zero-order chi connectivity index (χ0) is 21.4. The summed E-state index contributed by atoms with van der Waals surface area (Å²) in [4.78, 5) is 23.9. The molecule has 1 N–H and O–H groups in total. The summed E-state index contributed by atoms with van der Waals surface area (Å²) < 4.78 is 5.83. The lowest BCUT2D eigenvalue weighted by Crippen LogP contribution is -2.11. The first-order valence-corrected chi connectivity index (χ1v) is 10.7. The lowest BCUT2D eigenvalue weighted by molar-refractivity contribution is -0.384. The number of furan rings is 1. The van der Waals surface area contributed by atoms with Crippen molar-refractivity contribution in [3.05, 3.63) is 66.7 Å². The fraction of sp³-hybridized carbons (Fsp3) is 0.200. The lowest BCUT2D eigenvalue weighted by atomic mass is 10.1. The van der Waals surface area contributed by atoms with Crippen LogP contribution in [-0.2, 0) is 11.2 Å². The second-order valence-corrected chi connectivity index (χ2v) is 8.80. The quantitative estimate of drug-likeness (QED) is 0.336. The Morgan fingerprint density at radius 3 is 2.80 bits per heavy atom. The molecule has 0 aliphatic carbocycles. The molecule has 152 valence electrons. The van der Waals surface area contributed by atoms with Gasteiger partial charge in [-0.1, -0.05) is 24.8 Å². The van der Waals surface area contributed by atoms with Gasteiger partial charge in [0, 0.05) is 17.7 Å². The van der Waals surface area contributed by atoms with Crippen molar-refractivity contribution in [3.63, 3.8) is 0 Å². The molecule has 0 amide bonds. The van der Waals surface area contributed by atoms with Crippen molar-refractivity contribution in [1.29, 1.82) is 5.41 Å². The highest BCUT2D eigenvalue weighted by molar-refractivity contribution is 8.19. The minimum Gasteiger partial charge on any atom is -0.457 e. The van der Waals surface area contributed by atoms with Crippen LogP contribution < -0.4 is 0 Å². The van der Waals surface area contributed by atoms with Gasteiger partial charge in [-0.15, -0.1) is 21.5 Å². The molecule has 2 aromatic heterocycles. The summed E-state index contributed by atoms with van der Waals surface area (Å²) >= 11 is 2.44. The Morgan fingerprint density at radius 2 is 2.10 bits per heavy atom. The molecule has 1 unspecified atom stereocenters. The molecular formula is C20H16N4O4S2. The van der Waals surface area contributed by atoms with E-state index in [1.165, 1.54) is 23.5 Å². The van der Waals surface area contributed by atoms with Gasteiger partial charge < -0.3 is 4.42 Å². The highest BCUT2D eigenvalue weighted by atomic mass is 32.2. The number of hydrogen-bond donors (Lipinski definition) is 1. The van der Waals surface area contributed by atoms with Crippen molar-refractivity contribution >= 4 is 45.7 Å². The Morgan fingerprint density at radius 1 is 1.30 bits per heavy atom. The van der Waals surface area contributed by atoms with Gasteiger partial charge in [0.25, 0.3) is 5.69 Å². The number of nitrogens with zero attached hydrogens (tertiary/aromatic N) is 3. The third-order valence-corrected chi connectivity index (χ3v) is 6.74. The fourth-order valence-corrected chi connectivity index (χ4v) is 4.97. The molecule has 4 rings (SSSR count). The van der Waals surface area contributed by atoms with E-state index in [2.05, 4.69) is 10.2 Å². The number of allylic oxidation sites excluding steroid dienone is 1. The van der Waals surface area contributed by atoms with Crippen LogP contribution in [0, 0.1) is 22.4 Å². The highest BCUT2D eigenvalue weighted by Gasteiger charge is 2.39. The number of Topliss-reactive ketones (excluding diaryl/α,β-unsaturated/α-hetero) is 1. The molecule has 1 aliphatic rings. The van der Waals surface area contributed by atoms with Crippen LogP contribution in [0.15, 0.2) is 39.7 Å². The number of aryl methyl sites for hydroxylation is 2. The fourth-order valence-electron chi connectivity index (χ4n) is 3.03. The number of nitro groups is 1. The van der Waals surface area contributed by atoms with Crippen molar-refractivity contribution in [1.82, 2.24) is 10.2 Å². The average Bonchev–Trinajstić information content (AvgIpc) is 3.42. The molecule has 30 heavy (non-hydrogen) atoms. The summed E-state index contributed by atoms with van der Waals surface area (Å²) in [6.07, 6.45) is 2.33. The molecule has 3 aromatic rings. The van der Waals surface area contributed by atoms with Crippen molar-refractivity contribution in [2.24, 2.45) is 0 Å². The molecule has 0 radical (unpaired) electrons. The Labute approximate surface area is 179 Å². The zero-order valence-electron chi connectivity index (χ0n) is 16.0. The van der Waals surface area contributed by atoms with Crippen LogP contribution in [0.5, 0.6) is 0 Å². The van der Waals surface area contributed by atoms with Gasteiger partial charge in [-0.05, 0) is 37.1 Å². The van der Waals surface area contributed by atoms with Gasteiger partial charge in [0.05, 0.1) is 14.9 Å². The molecular weight excluding hydrogens is 424 g/mol. The van der Waals surface area contributed by atoms with E-state index in [1.54, 1.807) is 24.3 Å². The molecule has 0 saturated carbocycles. The lowest BCUT2D eigenvalue weighted by Gasteiger charge is -2.02. The largest absolute Gasteiger partial charge is 0.457 e. The first-order chi connectivity index (χ1) is 14.4. The van der Waals surface area contributed by atoms with E-state index in [9.17, 15) is 14.9 Å². The van der Waals surface area contributed by atoms with Crippen LogP contribution in [0.2, 0.25) is 0 Å². The van der Waals surface area contributed by atoms with Gasteiger partial charge in [0.15, 0.2) is 5.78 Å². The summed E-state index contributed by atoms with van der Waals surface area (Å²) in [6, 6.07) is 7.99. The number of hydrogen-bond acceptors (Lipinski definition) is 9. The van der Waals surface area contributed by atoms with E-state index in [1.807, 2.05) is 13.8 Å². The first kappa shape index (κ1) is 20.2. The van der Waals surface area contributed by atoms with Gasteiger partial charge in [-0.25, -0.2) is 0 Å². The van der Waals surface area contributed by atoms with E-state index in [4.69, 9.17) is 9.83 Å². The van der Waals surface area contributed by atoms with E-state index in [0.717, 1.165) is 28.8 Å². The van der Waals surface area contributed by atoms with Gasteiger partial charge in [-0.2, -0.15) is 0 Å². The predicted molar refractivity (Wildman–Crippen MR) is 116 cm³/mol. The second-order valence-electron chi connectivity index (χ2n) is 6.62. The van der Waals surface area contributed by atoms with Crippen LogP contribution in [0.4, 0.5) is 5.69 Å². The molecule has 1 aromatic carbocycles. The number of non-ortho nitro benzene ring substituents is 1. The number of benzene rings is 1. The normalized spacial score (nSPS) is 17.8. The number of thioether (sulfide) groups is 1. The van der Waals surface area contributed by atoms with Gasteiger partial charge in [0.2, 0.25) is 0 Å². The summed E-state index contributed by atoms with van der Waals surface area (Å²) in [6.45, 7) is 3.80. The Bertz CT molecular complexity index is 1210. The average molecular weight is 441 g/mol. The van der Waals surface area contributed by atoms with E-state index in [-0.39, 0.29) is 16.5 Å². The maximum atomic E-state index is 12.9. The van der Waals surface area contributed by atoms with Crippen LogP contribution in [0.25, 0.3) is 17.4 Å². The van der Waals surface area contributed by atoms with Crippen molar-refractivity contribution in [2.45, 2.75) is 26.2 Å². The molecule has 1 aliphatic heterocycles. The number of carbonyl (C=O) groups is 1. The van der Waals surface area contributed by atoms with Crippen molar-refractivity contribution in [3.8, 4) is 11.3 Å². The number of nitrogens with one attached hydrogen (secondary N) is 1. The molecule has 0 bridgehead atoms. The molecule has 1 saturated heterocycles. The third-order valence-electron chi connectivity index (χ3n) is 4.62. The Kier molecular flexibility index (Phi) is 5.35. The van der Waals surface area contributed by atoms with Crippen LogP contribution in [0.1, 0.15) is 34.2 Å². The van der Waals surface area contributed by atoms with Crippen LogP contribution in [0.3, 0.4) is 0 Å². The third kappa shape index (κ3) is 3.71. The maximum absolute atomic E-state index is 12.9. The van der Waals surface area contributed by atoms with Crippen LogP contribution >= 0.6 is 23.1 Å². The topological polar surface area (TPSA) is 123 Å². The summed E-state index contributed by atoms with van der Waals surface area (Å²) in [5.41, 5.74) is 1.43. The molecule has 10 heteroatoms. The van der Waals surface area contributed by atoms with Crippen molar-refractivity contribution in [2.75, 3.05) is 0 Å². The predicted octanol–water partition coefficient (Wildman–Crippen LogP) is 4.99. The van der Waals surface area contributed by atoms with Gasteiger partial charge in [0.1, 0.15) is 27.5 Å². The monoisotopic (exact) mass is 440 g/mol. The zero-order valence-corrected chi connectivity index (χ0v) is 17.7. The summed E-state index contributed by atoms with van der Waals surface area (Å²) in [5, 5.41) is 29.0. The minimum absolute atomic E-state index is 0.0202. The number of ketones is 1. The van der Waals surface area contributed by atoms with Crippen molar-refractivity contribution < 1.29 is 14.1 Å². The van der Waals surface area contributed by atoms with E-state index < -0.39 is 10.8 Å². The van der Waals surface area contributed by atoms with Gasteiger partial charge >= 0.3 is 0 Å². The van der Waals surface area contributed by atoms with E-state index >= 15 is 0 Å². The molecule has 1 atom stereocenters. The second kappa shape index (κ2) is 7.96. The first-order valence-electron chi connectivity index (χ1n) is 9.07. The molecule has 8 nitrogen and oxygen atoms in total. The molecule has 1 fully saturated rings. The highest BCUT2D eigenvalue weighted by Crippen LogP contribution is 2.42. The molecule has 3 heterocycles. The number of nitro benzene ring substituents is 1.